The summed E-state index contributed by atoms with van der Waals surface area (Å²) in [7, 11) is -3.22. The van der Waals surface area contributed by atoms with Crippen molar-refractivity contribution < 1.29 is 44.3 Å². The van der Waals surface area contributed by atoms with E-state index in [4.69, 9.17) is 4.74 Å². The van der Waals surface area contributed by atoms with Crippen LogP contribution in [0.5, 0.6) is 5.88 Å². The number of rotatable bonds is 5. The summed E-state index contributed by atoms with van der Waals surface area (Å²) in [6.45, 7) is 0. The molecule has 2 aromatic rings. The first-order valence-corrected chi connectivity index (χ1v) is 9.31. The number of sulfonamides is 1. The Morgan fingerprint density at radius 3 is 2.23 bits per heavy atom. The van der Waals surface area contributed by atoms with Crippen LogP contribution in [-0.4, -0.2) is 26.4 Å². The highest BCUT2D eigenvalue weighted by Crippen LogP contribution is 2.37. The number of nitrogens with one attached hydrogen (secondary N) is 1. The zero-order valence-corrected chi connectivity index (χ0v) is 15.7. The second kappa shape index (κ2) is 8.34. The summed E-state index contributed by atoms with van der Waals surface area (Å²) < 4.78 is 108. The van der Waals surface area contributed by atoms with Gasteiger partial charge in [-0.15, -0.1) is 0 Å². The molecule has 0 saturated carbocycles. The van der Waals surface area contributed by atoms with Gasteiger partial charge >= 0.3 is 12.4 Å². The number of ether oxygens (including phenoxy) is 1. The standard InChI is InChI=1S/C17H12F6N2O4S/c1-29-14-5-2-10(9-24-14)6-7-30(27,28)25-15(26)12-4-3-11(16(18,19)20)8-13(12)17(21,22)23/h2-9H,1H3,(H,25,26)/b7-6+. The molecule has 13 heteroatoms. The summed E-state index contributed by atoms with van der Waals surface area (Å²) in [5.41, 5.74) is -4.58. The molecule has 0 aliphatic rings. The van der Waals surface area contributed by atoms with Gasteiger partial charge in [0.05, 0.1) is 29.2 Å². The smallest absolute Gasteiger partial charge is 0.417 e. The quantitative estimate of drug-likeness (QED) is 0.694. The summed E-state index contributed by atoms with van der Waals surface area (Å²) in [6, 6.07) is 3.06. The predicted molar refractivity (Wildman–Crippen MR) is 92.7 cm³/mol. The number of nitrogens with zero attached hydrogens (tertiary/aromatic N) is 1. The topological polar surface area (TPSA) is 85.4 Å². The van der Waals surface area contributed by atoms with Gasteiger partial charge in [0.25, 0.3) is 15.9 Å². The molecule has 0 aliphatic heterocycles. The van der Waals surface area contributed by atoms with E-state index in [0.717, 1.165) is 6.08 Å². The number of carbonyl (C=O) groups excluding carboxylic acids is 1. The molecule has 162 valence electrons. The number of amides is 1. The fourth-order valence-corrected chi connectivity index (χ4v) is 2.92. The first-order chi connectivity index (χ1) is 13.7. The van der Waals surface area contributed by atoms with E-state index in [0.29, 0.717) is 5.41 Å². The average Bonchev–Trinajstić information content (AvgIpc) is 2.64. The van der Waals surface area contributed by atoms with Crippen LogP contribution >= 0.6 is 0 Å². The molecule has 0 radical (unpaired) electrons. The molecular formula is C17H12F6N2O4S. The Morgan fingerprint density at radius 1 is 1.07 bits per heavy atom. The van der Waals surface area contributed by atoms with Gasteiger partial charge in [-0.3, -0.25) is 4.79 Å². The number of benzene rings is 1. The molecule has 0 atom stereocenters. The van der Waals surface area contributed by atoms with Gasteiger partial charge in [-0.1, -0.05) is 0 Å². The number of alkyl halides is 6. The zero-order valence-electron chi connectivity index (χ0n) is 14.9. The Kier molecular flexibility index (Phi) is 6.45. The van der Waals surface area contributed by atoms with Crippen LogP contribution in [0.3, 0.4) is 0 Å². The van der Waals surface area contributed by atoms with E-state index in [9.17, 15) is 39.6 Å². The Balaban J connectivity index is 2.30. The molecule has 1 aromatic heterocycles. The lowest BCUT2D eigenvalue weighted by Gasteiger charge is -2.15. The molecule has 0 aliphatic carbocycles. The van der Waals surface area contributed by atoms with Gasteiger partial charge in [-0.05, 0) is 35.9 Å². The van der Waals surface area contributed by atoms with Crippen molar-refractivity contribution in [2.75, 3.05) is 7.11 Å². The summed E-state index contributed by atoms with van der Waals surface area (Å²) in [5.74, 6) is -1.50. The number of carbonyl (C=O) groups is 1. The molecule has 0 fully saturated rings. The lowest BCUT2D eigenvalue weighted by molar-refractivity contribution is -0.143. The normalized spacial score (nSPS) is 12.8. The van der Waals surface area contributed by atoms with E-state index in [2.05, 4.69) is 4.98 Å². The Morgan fingerprint density at radius 2 is 1.73 bits per heavy atom. The lowest BCUT2D eigenvalue weighted by atomic mass is 10.0. The van der Waals surface area contributed by atoms with Crippen molar-refractivity contribution >= 4 is 22.0 Å². The van der Waals surface area contributed by atoms with Crippen LogP contribution in [-0.2, 0) is 22.4 Å². The molecule has 1 heterocycles. The van der Waals surface area contributed by atoms with Crippen molar-refractivity contribution in [3.8, 4) is 5.88 Å². The third kappa shape index (κ3) is 5.95. The van der Waals surface area contributed by atoms with E-state index in [1.807, 2.05) is 0 Å². The fraction of sp³-hybridized carbons (Fsp3) is 0.176. The maximum atomic E-state index is 13.1. The van der Waals surface area contributed by atoms with E-state index < -0.39 is 45.0 Å². The van der Waals surface area contributed by atoms with Crippen LogP contribution < -0.4 is 9.46 Å². The molecule has 1 amide bonds. The molecule has 2 rings (SSSR count). The molecule has 1 N–H and O–H groups in total. The summed E-state index contributed by atoms with van der Waals surface area (Å²) in [5, 5.41) is 0.492. The number of halogens is 6. The fourth-order valence-electron chi connectivity index (χ4n) is 2.15. The molecular weight excluding hydrogens is 442 g/mol. The van der Waals surface area contributed by atoms with Gasteiger partial charge in [-0.2, -0.15) is 26.3 Å². The van der Waals surface area contributed by atoms with Gasteiger partial charge in [0, 0.05) is 12.3 Å². The minimum atomic E-state index is -5.33. The van der Waals surface area contributed by atoms with E-state index in [1.165, 1.54) is 30.2 Å². The van der Waals surface area contributed by atoms with Crippen LogP contribution in [0.15, 0.2) is 41.9 Å². The Hall–Kier alpha value is -3.09. The second-order valence-corrected chi connectivity index (χ2v) is 7.24. The maximum Gasteiger partial charge on any atom is 0.417 e. The highest BCUT2D eigenvalue weighted by Gasteiger charge is 2.39. The molecule has 0 unspecified atom stereocenters. The second-order valence-electron chi connectivity index (χ2n) is 5.67. The number of hydrogen-bond donors (Lipinski definition) is 1. The SMILES string of the molecule is COc1ccc(/C=C/S(=O)(=O)NC(=O)c2ccc(C(F)(F)F)cc2C(F)(F)F)cn1. The summed E-state index contributed by atoms with van der Waals surface area (Å²) >= 11 is 0. The molecule has 6 nitrogen and oxygen atoms in total. The Labute approximate surface area is 166 Å². The first-order valence-electron chi connectivity index (χ1n) is 7.76. The van der Waals surface area contributed by atoms with E-state index in [-0.39, 0.29) is 29.6 Å². The van der Waals surface area contributed by atoms with Crippen LogP contribution in [0.4, 0.5) is 26.3 Å². The monoisotopic (exact) mass is 454 g/mol. The number of hydrogen-bond acceptors (Lipinski definition) is 5. The minimum absolute atomic E-state index is 0.241. The number of aromatic nitrogens is 1. The van der Waals surface area contributed by atoms with Crippen LogP contribution in [0.2, 0.25) is 0 Å². The van der Waals surface area contributed by atoms with E-state index in [1.54, 1.807) is 0 Å². The average molecular weight is 454 g/mol. The molecule has 0 saturated heterocycles. The van der Waals surface area contributed by atoms with Crippen molar-refractivity contribution in [1.29, 1.82) is 0 Å². The minimum Gasteiger partial charge on any atom is -0.481 e. The lowest BCUT2D eigenvalue weighted by Crippen LogP contribution is -2.31. The highest BCUT2D eigenvalue weighted by molar-refractivity contribution is 7.93. The van der Waals surface area contributed by atoms with Crippen molar-refractivity contribution in [2.45, 2.75) is 12.4 Å². The number of pyridine rings is 1. The van der Waals surface area contributed by atoms with Crippen LogP contribution in [0.1, 0.15) is 27.0 Å². The summed E-state index contributed by atoms with van der Waals surface area (Å²) in [6.07, 6.45) is -8.19. The Bertz CT molecular complexity index is 1060. The van der Waals surface area contributed by atoms with Crippen molar-refractivity contribution in [2.24, 2.45) is 0 Å². The van der Waals surface area contributed by atoms with Gasteiger partial charge < -0.3 is 4.74 Å². The third-order valence-electron chi connectivity index (χ3n) is 3.54. The van der Waals surface area contributed by atoms with Crippen LogP contribution in [0.25, 0.3) is 6.08 Å². The van der Waals surface area contributed by atoms with Crippen LogP contribution in [0, 0.1) is 0 Å². The molecule has 0 spiro atoms. The zero-order chi connectivity index (χ0) is 22.7. The highest BCUT2D eigenvalue weighted by atomic mass is 32.2. The van der Waals surface area contributed by atoms with Gasteiger partial charge in [0.1, 0.15) is 0 Å². The molecule has 30 heavy (non-hydrogen) atoms. The van der Waals surface area contributed by atoms with Gasteiger partial charge in [0.15, 0.2) is 0 Å². The third-order valence-corrected chi connectivity index (χ3v) is 4.50. The largest absolute Gasteiger partial charge is 0.481 e. The predicted octanol–water partition coefficient (Wildman–Crippen LogP) is 3.86. The van der Waals surface area contributed by atoms with Crippen molar-refractivity contribution in [3.05, 3.63) is 64.2 Å². The first kappa shape index (κ1) is 23.2. The van der Waals surface area contributed by atoms with Crippen molar-refractivity contribution in [3.63, 3.8) is 0 Å². The van der Waals surface area contributed by atoms with Gasteiger partial charge in [-0.25, -0.2) is 18.1 Å². The molecule has 1 aromatic carbocycles. The molecule has 0 bridgehead atoms. The number of methoxy groups -OCH3 is 1. The van der Waals surface area contributed by atoms with Crippen molar-refractivity contribution in [1.82, 2.24) is 9.71 Å². The van der Waals surface area contributed by atoms with Gasteiger partial charge in [0.2, 0.25) is 5.88 Å². The summed E-state index contributed by atoms with van der Waals surface area (Å²) in [4.78, 5) is 15.8. The maximum absolute atomic E-state index is 13.1. The van der Waals surface area contributed by atoms with E-state index >= 15 is 0 Å².